The number of aromatic hydroxyl groups is 2. The number of allylic oxidation sites excluding steroid dienone is 2. The van der Waals surface area contributed by atoms with E-state index in [9.17, 15) is 19.8 Å². The van der Waals surface area contributed by atoms with Gasteiger partial charge in [0.1, 0.15) is 36.2 Å². The quantitative estimate of drug-likeness (QED) is 0.111. The molecule has 0 unspecified atom stereocenters. The Morgan fingerprint density at radius 1 is 0.595 bits per heavy atom. The molecule has 0 saturated heterocycles. The van der Waals surface area contributed by atoms with Gasteiger partial charge in [0, 0.05) is 0 Å². The number of carbonyl (C=O) groups is 2. The summed E-state index contributed by atoms with van der Waals surface area (Å²) in [5.41, 5.74) is 5.57. The summed E-state index contributed by atoms with van der Waals surface area (Å²) in [6, 6.07) is 21.6. The summed E-state index contributed by atoms with van der Waals surface area (Å²) in [6.07, 6.45) is 6.32. The van der Waals surface area contributed by atoms with Gasteiger partial charge in [-0.05, 0) is 110 Å². The molecule has 6 heteroatoms. The van der Waals surface area contributed by atoms with Crippen LogP contribution in [-0.4, -0.2) is 35.0 Å². The molecule has 0 fully saturated rings. The number of rotatable bonds is 11. The maximum absolute atomic E-state index is 12.6. The summed E-state index contributed by atoms with van der Waals surface area (Å²) in [5.74, 6) is 0.824. The van der Waals surface area contributed by atoms with Gasteiger partial charge in [-0.3, -0.25) is 9.59 Å². The molecule has 42 heavy (non-hydrogen) atoms. The van der Waals surface area contributed by atoms with E-state index in [0.29, 0.717) is 35.8 Å². The summed E-state index contributed by atoms with van der Waals surface area (Å²) >= 11 is 0. The fraction of sp³-hybridized carbons (Fsp3) is 0.167. The van der Waals surface area contributed by atoms with Crippen LogP contribution in [0.2, 0.25) is 0 Å². The van der Waals surface area contributed by atoms with Crippen LogP contribution in [0.3, 0.4) is 0 Å². The van der Waals surface area contributed by atoms with Gasteiger partial charge >= 0.3 is 0 Å². The zero-order chi connectivity index (χ0) is 30.2. The average Bonchev–Trinajstić information content (AvgIpc) is 2.93. The van der Waals surface area contributed by atoms with Crippen LogP contribution in [0, 0.1) is 27.7 Å². The lowest BCUT2D eigenvalue weighted by atomic mass is 10.00. The van der Waals surface area contributed by atoms with Gasteiger partial charge in [0.15, 0.2) is 11.6 Å². The molecule has 0 saturated carbocycles. The SMILES string of the molecule is Cc1cc(C)c(C(=O)/C=C/c2ccc(OCCOc3ccc(/C=C/C(=O)c4c(C)cc(C)cc4O)cc3)cc2)c(O)c1. The average molecular weight is 563 g/mol. The second-order valence-corrected chi connectivity index (χ2v) is 10.2. The van der Waals surface area contributed by atoms with Crippen molar-refractivity contribution in [3.8, 4) is 23.0 Å². The molecule has 4 aromatic carbocycles. The van der Waals surface area contributed by atoms with E-state index in [1.54, 1.807) is 24.3 Å². The molecule has 0 spiro atoms. The standard InChI is InChI=1S/C36H34O6/c1-23-19-25(3)35(33(39)21-23)31(37)15-9-27-5-11-29(12-6-27)41-17-18-42-30-13-7-28(8-14-30)10-16-32(38)36-26(4)20-24(2)22-34(36)40/h5-16,19-22,39-40H,17-18H2,1-4H3/b15-9+,16-10+. The number of phenolic OH excluding ortho intramolecular Hbond substituents is 2. The highest BCUT2D eigenvalue weighted by atomic mass is 16.5. The lowest BCUT2D eigenvalue weighted by Crippen LogP contribution is -2.08. The lowest BCUT2D eigenvalue weighted by molar-refractivity contribution is 0.103. The van der Waals surface area contributed by atoms with E-state index < -0.39 is 0 Å². The van der Waals surface area contributed by atoms with E-state index in [1.807, 2.05) is 88.4 Å². The van der Waals surface area contributed by atoms with Crippen molar-refractivity contribution in [2.24, 2.45) is 0 Å². The van der Waals surface area contributed by atoms with Crippen molar-refractivity contribution < 1.29 is 29.3 Å². The Balaban J connectivity index is 1.23. The number of ketones is 2. The molecule has 4 aromatic rings. The van der Waals surface area contributed by atoms with E-state index in [2.05, 4.69) is 0 Å². The summed E-state index contributed by atoms with van der Waals surface area (Å²) < 4.78 is 11.5. The van der Waals surface area contributed by atoms with Crippen molar-refractivity contribution in [1.82, 2.24) is 0 Å². The predicted octanol–water partition coefficient (Wildman–Crippen LogP) is 7.58. The van der Waals surface area contributed by atoms with Gasteiger partial charge in [0.25, 0.3) is 0 Å². The first-order valence-electron chi connectivity index (χ1n) is 13.6. The number of hydrogen-bond donors (Lipinski definition) is 2. The fourth-order valence-electron chi connectivity index (χ4n) is 4.71. The second kappa shape index (κ2) is 13.5. The first-order chi connectivity index (χ1) is 20.1. The molecule has 214 valence electrons. The van der Waals surface area contributed by atoms with Gasteiger partial charge in [0.2, 0.25) is 0 Å². The summed E-state index contributed by atoms with van der Waals surface area (Å²) in [7, 11) is 0. The third-order valence-corrected chi connectivity index (χ3v) is 6.65. The van der Waals surface area contributed by atoms with Crippen molar-refractivity contribution in [3.63, 3.8) is 0 Å². The van der Waals surface area contributed by atoms with Crippen LogP contribution in [-0.2, 0) is 0 Å². The van der Waals surface area contributed by atoms with E-state index in [4.69, 9.17) is 9.47 Å². The smallest absolute Gasteiger partial charge is 0.189 e. The molecule has 0 aliphatic heterocycles. The Hall–Kier alpha value is -5.10. The van der Waals surface area contributed by atoms with Crippen LogP contribution in [0.15, 0.2) is 84.9 Å². The highest BCUT2D eigenvalue weighted by Gasteiger charge is 2.13. The fourth-order valence-corrected chi connectivity index (χ4v) is 4.71. The van der Waals surface area contributed by atoms with Crippen molar-refractivity contribution >= 4 is 23.7 Å². The predicted molar refractivity (Wildman–Crippen MR) is 166 cm³/mol. The van der Waals surface area contributed by atoms with Crippen LogP contribution in [0.1, 0.15) is 54.1 Å². The zero-order valence-electron chi connectivity index (χ0n) is 24.2. The number of carbonyl (C=O) groups excluding carboxylic acids is 2. The van der Waals surface area contributed by atoms with Crippen LogP contribution in [0.4, 0.5) is 0 Å². The van der Waals surface area contributed by atoms with E-state index >= 15 is 0 Å². The number of aryl methyl sites for hydroxylation is 4. The molecule has 0 aliphatic carbocycles. The molecule has 0 bridgehead atoms. The molecular formula is C36H34O6. The van der Waals surface area contributed by atoms with E-state index in [-0.39, 0.29) is 23.1 Å². The second-order valence-electron chi connectivity index (χ2n) is 10.2. The van der Waals surface area contributed by atoms with E-state index in [1.165, 1.54) is 12.2 Å². The molecule has 0 amide bonds. The van der Waals surface area contributed by atoms with Gasteiger partial charge in [-0.1, -0.05) is 48.6 Å². The molecular weight excluding hydrogens is 528 g/mol. The Kier molecular flexibility index (Phi) is 9.61. The molecule has 2 N–H and O–H groups in total. The van der Waals surface area contributed by atoms with E-state index in [0.717, 1.165) is 33.4 Å². The monoisotopic (exact) mass is 562 g/mol. The topological polar surface area (TPSA) is 93.1 Å². The lowest BCUT2D eigenvalue weighted by Gasteiger charge is -2.09. The highest BCUT2D eigenvalue weighted by molar-refractivity contribution is 6.10. The summed E-state index contributed by atoms with van der Waals surface area (Å²) in [4.78, 5) is 25.2. The minimum Gasteiger partial charge on any atom is -0.507 e. The molecule has 0 heterocycles. The van der Waals surface area contributed by atoms with Crippen molar-refractivity contribution in [3.05, 3.63) is 129 Å². The Morgan fingerprint density at radius 2 is 0.952 bits per heavy atom. The first kappa shape index (κ1) is 29.9. The maximum Gasteiger partial charge on any atom is 0.189 e. The highest BCUT2D eigenvalue weighted by Crippen LogP contribution is 2.25. The van der Waals surface area contributed by atoms with Gasteiger partial charge < -0.3 is 19.7 Å². The largest absolute Gasteiger partial charge is 0.507 e. The van der Waals surface area contributed by atoms with Gasteiger partial charge in [-0.2, -0.15) is 0 Å². The van der Waals surface area contributed by atoms with Crippen molar-refractivity contribution in [1.29, 1.82) is 0 Å². The number of phenols is 2. The minimum absolute atomic E-state index is 0.0109. The molecule has 6 nitrogen and oxygen atoms in total. The summed E-state index contributed by atoms with van der Waals surface area (Å²) in [6.45, 7) is 8.04. The first-order valence-corrected chi connectivity index (χ1v) is 13.6. The Bertz CT molecular complexity index is 1470. The van der Waals surface area contributed by atoms with Gasteiger partial charge in [-0.15, -0.1) is 0 Å². The Labute approximate surface area is 246 Å². The van der Waals surface area contributed by atoms with Crippen LogP contribution < -0.4 is 9.47 Å². The zero-order valence-corrected chi connectivity index (χ0v) is 24.2. The number of ether oxygens (including phenoxy) is 2. The molecule has 0 atom stereocenters. The number of hydrogen-bond acceptors (Lipinski definition) is 6. The third kappa shape index (κ3) is 7.76. The van der Waals surface area contributed by atoms with Crippen molar-refractivity contribution in [2.45, 2.75) is 27.7 Å². The van der Waals surface area contributed by atoms with Crippen LogP contribution in [0.5, 0.6) is 23.0 Å². The minimum atomic E-state index is -0.252. The Morgan fingerprint density at radius 3 is 1.29 bits per heavy atom. The summed E-state index contributed by atoms with van der Waals surface area (Å²) in [5, 5.41) is 20.3. The van der Waals surface area contributed by atoms with Crippen LogP contribution >= 0.6 is 0 Å². The van der Waals surface area contributed by atoms with Gasteiger partial charge in [0.05, 0.1) is 11.1 Å². The molecule has 0 aromatic heterocycles. The third-order valence-electron chi connectivity index (χ3n) is 6.65. The normalized spacial score (nSPS) is 11.2. The van der Waals surface area contributed by atoms with Crippen LogP contribution in [0.25, 0.3) is 12.2 Å². The molecule has 4 rings (SSSR count). The van der Waals surface area contributed by atoms with Crippen molar-refractivity contribution in [2.75, 3.05) is 13.2 Å². The van der Waals surface area contributed by atoms with Gasteiger partial charge in [-0.25, -0.2) is 0 Å². The maximum atomic E-state index is 12.6. The molecule has 0 aliphatic rings. The molecule has 0 radical (unpaired) electrons. The number of benzene rings is 4.